The van der Waals surface area contributed by atoms with Gasteiger partial charge in [0.05, 0.1) is 6.42 Å². The molecule has 0 bridgehead atoms. The zero-order valence-corrected chi connectivity index (χ0v) is 20.5. The lowest BCUT2D eigenvalue weighted by Crippen LogP contribution is -2.40. The number of para-hydroxylation sites is 1. The molecule has 0 saturated heterocycles. The number of rotatable bonds is 8. The number of anilines is 3. The summed E-state index contributed by atoms with van der Waals surface area (Å²) in [5, 5.41) is 15.7. The third kappa shape index (κ3) is 5.39. The minimum absolute atomic E-state index is 0.160. The molecule has 8 heteroatoms. The number of benzene rings is 3. The van der Waals surface area contributed by atoms with E-state index in [0.717, 1.165) is 17.1 Å². The molecule has 190 valence electrons. The average Bonchev–Trinajstić information content (AvgIpc) is 3.03. The van der Waals surface area contributed by atoms with Gasteiger partial charge >= 0.3 is 5.97 Å². The van der Waals surface area contributed by atoms with Gasteiger partial charge in [-0.25, -0.2) is 4.98 Å². The zero-order chi connectivity index (χ0) is 26.5. The van der Waals surface area contributed by atoms with Gasteiger partial charge in [0.25, 0.3) is 5.91 Å². The Hall–Kier alpha value is -4.98. The van der Waals surface area contributed by atoms with Gasteiger partial charge in [0.1, 0.15) is 12.4 Å². The smallest absolute Gasteiger partial charge is 0.304 e. The van der Waals surface area contributed by atoms with Crippen molar-refractivity contribution >= 4 is 35.0 Å². The number of hydrogen-bond acceptors (Lipinski definition) is 5. The summed E-state index contributed by atoms with van der Waals surface area (Å²) in [6, 6.07) is 27.4. The normalized spacial score (nSPS) is 14.2. The number of carboxylic acid groups (broad SMARTS) is 1. The predicted octanol–water partition coefficient (Wildman–Crippen LogP) is 4.71. The van der Waals surface area contributed by atoms with Crippen LogP contribution in [0.5, 0.6) is 0 Å². The quantitative estimate of drug-likeness (QED) is 0.319. The molecule has 38 heavy (non-hydrogen) atoms. The summed E-state index contributed by atoms with van der Waals surface area (Å²) in [5.41, 5.74) is 4.07. The predicted molar refractivity (Wildman–Crippen MR) is 144 cm³/mol. The molecule has 2 heterocycles. The van der Waals surface area contributed by atoms with Crippen molar-refractivity contribution in [1.82, 2.24) is 10.3 Å². The number of aliphatic carboxylic acids is 1. The number of hydrogen-bond donors (Lipinski definition) is 3. The van der Waals surface area contributed by atoms with Crippen molar-refractivity contribution in [2.24, 2.45) is 0 Å². The number of nitrogens with one attached hydrogen (secondary N) is 2. The molecule has 1 aliphatic heterocycles. The lowest BCUT2D eigenvalue weighted by Gasteiger charge is -2.23. The van der Waals surface area contributed by atoms with Crippen molar-refractivity contribution in [2.75, 3.05) is 16.8 Å². The first kappa shape index (κ1) is 24.7. The summed E-state index contributed by atoms with van der Waals surface area (Å²) in [5.74, 6) is -1.38. The van der Waals surface area contributed by atoms with Crippen molar-refractivity contribution in [3.8, 4) is 0 Å². The van der Waals surface area contributed by atoms with Crippen LogP contribution in [-0.4, -0.2) is 34.4 Å². The van der Waals surface area contributed by atoms with Crippen molar-refractivity contribution in [3.63, 3.8) is 0 Å². The highest BCUT2D eigenvalue weighted by atomic mass is 16.4. The summed E-state index contributed by atoms with van der Waals surface area (Å²) in [6.07, 6.45) is 1.55. The SMILES string of the molecule is O=C(O)CC1c2ccccc2C(=O)N(CC(=O)NCc2ccc(Nc3ccccn3)cc2)c2ccccc21. The van der Waals surface area contributed by atoms with Gasteiger partial charge in [0, 0.05) is 35.6 Å². The first-order chi connectivity index (χ1) is 18.5. The lowest BCUT2D eigenvalue weighted by molar-refractivity contribution is -0.137. The molecule has 1 atom stereocenters. The van der Waals surface area contributed by atoms with E-state index in [1.165, 1.54) is 4.90 Å². The van der Waals surface area contributed by atoms with Crippen molar-refractivity contribution in [2.45, 2.75) is 18.9 Å². The van der Waals surface area contributed by atoms with E-state index in [2.05, 4.69) is 15.6 Å². The maximum atomic E-state index is 13.6. The molecule has 1 unspecified atom stereocenters. The van der Waals surface area contributed by atoms with Crippen LogP contribution in [0.15, 0.2) is 97.2 Å². The molecule has 4 aromatic rings. The van der Waals surface area contributed by atoms with Gasteiger partial charge in [-0.05, 0) is 53.1 Å². The van der Waals surface area contributed by atoms with Crippen LogP contribution in [0.1, 0.15) is 39.4 Å². The summed E-state index contributed by atoms with van der Waals surface area (Å²) in [4.78, 5) is 44.0. The Balaban J connectivity index is 1.32. The van der Waals surface area contributed by atoms with E-state index in [0.29, 0.717) is 28.9 Å². The molecular formula is C30H26N4O4. The number of fused-ring (bicyclic) bond motifs is 2. The van der Waals surface area contributed by atoms with E-state index in [-0.39, 0.29) is 24.8 Å². The summed E-state index contributed by atoms with van der Waals surface area (Å²) >= 11 is 0. The Labute approximate surface area is 220 Å². The van der Waals surface area contributed by atoms with Crippen LogP contribution in [0.3, 0.4) is 0 Å². The molecule has 1 aromatic heterocycles. The summed E-state index contributed by atoms with van der Waals surface area (Å²) in [7, 11) is 0. The van der Waals surface area contributed by atoms with Crippen LogP contribution in [0, 0.1) is 0 Å². The van der Waals surface area contributed by atoms with E-state index in [1.54, 1.807) is 42.6 Å². The molecule has 2 amide bonds. The van der Waals surface area contributed by atoms with E-state index in [1.807, 2.05) is 54.6 Å². The maximum Gasteiger partial charge on any atom is 0.304 e. The molecule has 5 rings (SSSR count). The van der Waals surface area contributed by atoms with Gasteiger partial charge in [-0.15, -0.1) is 0 Å². The Morgan fingerprint density at radius 2 is 1.58 bits per heavy atom. The fourth-order valence-corrected chi connectivity index (χ4v) is 4.69. The number of carbonyl (C=O) groups excluding carboxylic acids is 2. The molecule has 0 saturated carbocycles. The molecular weight excluding hydrogens is 480 g/mol. The molecule has 1 aliphatic rings. The topological polar surface area (TPSA) is 112 Å². The first-order valence-electron chi connectivity index (χ1n) is 12.2. The molecule has 8 nitrogen and oxygen atoms in total. The van der Waals surface area contributed by atoms with Gasteiger partial charge in [-0.2, -0.15) is 0 Å². The van der Waals surface area contributed by atoms with Gasteiger partial charge in [0.2, 0.25) is 5.91 Å². The van der Waals surface area contributed by atoms with Crippen LogP contribution in [-0.2, 0) is 16.1 Å². The fraction of sp³-hybridized carbons (Fsp3) is 0.133. The van der Waals surface area contributed by atoms with Crippen LogP contribution < -0.4 is 15.5 Å². The van der Waals surface area contributed by atoms with Crippen molar-refractivity contribution in [1.29, 1.82) is 0 Å². The number of carboxylic acids is 1. The van der Waals surface area contributed by atoms with Crippen molar-refractivity contribution < 1.29 is 19.5 Å². The zero-order valence-electron chi connectivity index (χ0n) is 20.5. The molecule has 0 spiro atoms. The summed E-state index contributed by atoms with van der Waals surface area (Å²) in [6.45, 7) is 0.105. The Morgan fingerprint density at radius 3 is 2.32 bits per heavy atom. The van der Waals surface area contributed by atoms with Gasteiger partial charge < -0.3 is 15.7 Å². The second-order valence-corrected chi connectivity index (χ2v) is 9.00. The van der Waals surface area contributed by atoms with Gasteiger partial charge in [0.15, 0.2) is 0 Å². The Morgan fingerprint density at radius 1 is 0.868 bits per heavy atom. The highest BCUT2D eigenvalue weighted by Gasteiger charge is 2.34. The monoisotopic (exact) mass is 506 g/mol. The molecule has 0 aliphatic carbocycles. The first-order valence-corrected chi connectivity index (χ1v) is 12.2. The minimum atomic E-state index is -0.959. The maximum absolute atomic E-state index is 13.6. The van der Waals surface area contributed by atoms with Crippen LogP contribution in [0.4, 0.5) is 17.2 Å². The van der Waals surface area contributed by atoms with E-state index >= 15 is 0 Å². The third-order valence-corrected chi connectivity index (χ3v) is 6.48. The molecule has 3 aromatic carbocycles. The fourth-order valence-electron chi connectivity index (χ4n) is 4.69. The van der Waals surface area contributed by atoms with Crippen LogP contribution in [0.25, 0.3) is 0 Å². The van der Waals surface area contributed by atoms with Gasteiger partial charge in [-0.3, -0.25) is 19.3 Å². The van der Waals surface area contributed by atoms with E-state index in [4.69, 9.17) is 0 Å². The van der Waals surface area contributed by atoms with E-state index < -0.39 is 11.9 Å². The third-order valence-electron chi connectivity index (χ3n) is 6.48. The number of carbonyl (C=O) groups is 3. The minimum Gasteiger partial charge on any atom is -0.481 e. The number of amides is 2. The number of aromatic nitrogens is 1. The van der Waals surface area contributed by atoms with Crippen molar-refractivity contribution in [3.05, 3.63) is 119 Å². The summed E-state index contributed by atoms with van der Waals surface area (Å²) < 4.78 is 0. The lowest BCUT2D eigenvalue weighted by atomic mass is 9.86. The number of nitrogens with zero attached hydrogens (tertiary/aromatic N) is 2. The molecule has 0 fully saturated rings. The van der Waals surface area contributed by atoms with Gasteiger partial charge in [-0.1, -0.05) is 54.6 Å². The molecule has 0 radical (unpaired) electrons. The molecule has 3 N–H and O–H groups in total. The van der Waals surface area contributed by atoms with Crippen LogP contribution >= 0.6 is 0 Å². The van der Waals surface area contributed by atoms with Crippen LogP contribution in [0.2, 0.25) is 0 Å². The highest BCUT2D eigenvalue weighted by Crippen LogP contribution is 2.40. The second-order valence-electron chi connectivity index (χ2n) is 9.00. The standard InChI is InChI=1S/C30H26N4O4/c35-28(32-18-20-12-14-21(15-13-20)33-27-11-5-6-16-31-27)19-34-26-10-4-3-8-23(26)25(17-29(36)37)22-7-1-2-9-24(22)30(34)38/h1-16,25H,17-19H2,(H,31,33)(H,32,35)(H,36,37). The average molecular weight is 507 g/mol. The van der Waals surface area contributed by atoms with E-state index in [9.17, 15) is 19.5 Å². The largest absolute Gasteiger partial charge is 0.481 e. The Bertz CT molecular complexity index is 1470. The highest BCUT2D eigenvalue weighted by molar-refractivity contribution is 6.11. The second kappa shape index (κ2) is 11.0. The Kier molecular flexibility index (Phi) is 7.13. The number of pyridine rings is 1.